The molecular formula is C15H22N2O5. The van der Waals surface area contributed by atoms with Gasteiger partial charge in [-0.3, -0.25) is 4.79 Å². The fraction of sp³-hybridized carbons (Fsp3) is 0.467. The van der Waals surface area contributed by atoms with Crippen LogP contribution in [0.15, 0.2) is 24.3 Å². The van der Waals surface area contributed by atoms with Gasteiger partial charge in [-0.2, -0.15) is 0 Å². The average Bonchev–Trinajstić information content (AvgIpc) is 2.51. The van der Waals surface area contributed by atoms with Gasteiger partial charge in [0.05, 0.1) is 20.3 Å². The standard InChI is InChI=1S/C15H22N2O5/c1-22-13-6-3-2-5-12(13)11-17(9-10-18)15(21)16-8-4-7-14(19)20/h2-3,5-6,18H,4,7-11H2,1H3,(H,16,21)(H,19,20). The van der Waals surface area contributed by atoms with Crippen molar-refractivity contribution in [1.82, 2.24) is 10.2 Å². The van der Waals surface area contributed by atoms with Crippen molar-refractivity contribution >= 4 is 12.0 Å². The molecule has 0 heterocycles. The normalized spacial score (nSPS) is 10.1. The molecule has 7 nitrogen and oxygen atoms in total. The van der Waals surface area contributed by atoms with Crippen molar-refractivity contribution in [3.63, 3.8) is 0 Å². The third-order valence-corrected chi connectivity index (χ3v) is 3.05. The Bertz CT molecular complexity index is 493. The third-order valence-electron chi connectivity index (χ3n) is 3.05. The Hall–Kier alpha value is -2.28. The van der Waals surface area contributed by atoms with E-state index < -0.39 is 5.97 Å². The molecule has 1 rings (SSSR count). The zero-order valence-corrected chi connectivity index (χ0v) is 12.6. The number of rotatable bonds is 9. The minimum absolute atomic E-state index is 0.00673. The van der Waals surface area contributed by atoms with Crippen LogP contribution in [0.2, 0.25) is 0 Å². The molecule has 0 bridgehead atoms. The fourth-order valence-electron chi connectivity index (χ4n) is 1.96. The van der Waals surface area contributed by atoms with E-state index in [4.69, 9.17) is 14.9 Å². The lowest BCUT2D eigenvalue weighted by molar-refractivity contribution is -0.137. The molecule has 0 aliphatic heterocycles. The van der Waals surface area contributed by atoms with Crippen LogP contribution in [-0.2, 0) is 11.3 Å². The highest BCUT2D eigenvalue weighted by molar-refractivity contribution is 5.74. The van der Waals surface area contributed by atoms with E-state index in [0.717, 1.165) is 5.56 Å². The van der Waals surface area contributed by atoms with Crippen molar-refractivity contribution in [3.05, 3.63) is 29.8 Å². The maximum atomic E-state index is 12.1. The molecule has 22 heavy (non-hydrogen) atoms. The SMILES string of the molecule is COc1ccccc1CN(CCO)C(=O)NCCCC(=O)O. The smallest absolute Gasteiger partial charge is 0.317 e. The van der Waals surface area contributed by atoms with E-state index in [-0.39, 0.29) is 32.1 Å². The van der Waals surface area contributed by atoms with Gasteiger partial charge in [-0.05, 0) is 12.5 Å². The lowest BCUT2D eigenvalue weighted by Crippen LogP contribution is -2.41. The quantitative estimate of drug-likeness (QED) is 0.592. The Balaban J connectivity index is 2.60. The number of hydrogen-bond donors (Lipinski definition) is 3. The number of ether oxygens (including phenoxy) is 1. The molecule has 0 aliphatic carbocycles. The number of carboxylic acid groups (broad SMARTS) is 1. The number of carbonyl (C=O) groups is 2. The number of aliphatic hydroxyl groups is 1. The predicted molar refractivity (Wildman–Crippen MR) is 80.8 cm³/mol. The number of urea groups is 1. The van der Waals surface area contributed by atoms with E-state index in [1.165, 1.54) is 4.90 Å². The minimum atomic E-state index is -0.893. The molecule has 0 saturated heterocycles. The number of nitrogens with one attached hydrogen (secondary N) is 1. The Morgan fingerprint density at radius 1 is 1.32 bits per heavy atom. The average molecular weight is 310 g/mol. The van der Waals surface area contributed by atoms with E-state index in [1.54, 1.807) is 13.2 Å². The first-order valence-corrected chi connectivity index (χ1v) is 7.05. The number of para-hydroxylation sites is 1. The Kier molecular flexibility index (Phi) is 7.77. The monoisotopic (exact) mass is 310 g/mol. The van der Waals surface area contributed by atoms with Gasteiger partial charge in [0.15, 0.2) is 0 Å². The van der Waals surface area contributed by atoms with Gasteiger partial charge < -0.3 is 25.2 Å². The summed E-state index contributed by atoms with van der Waals surface area (Å²) in [5.41, 5.74) is 0.833. The van der Waals surface area contributed by atoms with Gasteiger partial charge >= 0.3 is 12.0 Å². The number of nitrogens with zero attached hydrogens (tertiary/aromatic N) is 1. The number of methoxy groups -OCH3 is 1. The first-order valence-electron chi connectivity index (χ1n) is 7.05. The molecule has 0 atom stereocenters. The number of benzene rings is 1. The Labute approximate surface area is 129 Å². The van der Waals surface area contributed by atoms with Crippen LogP contribution in [0, 0.1) is 0 Å². The first kappa shape index (κ1) is 17.8. The molecule has 3 N–H and O–H groups in total. The zero-order valence-electron chi connectivity index (χ0n) is 12.6. The highest BCUT2D eigenvalue weighted by atomic mass is 16.5. The summed E-state index contributed by atoms with van der Waals surface area (Å²) < 4.78 is 5.24. The number of carbonyl (C=O) groups excluding carboxylic acids is 1. The molecule has 0 spiro atoms. The lowest BCUT2D eigenvalue weighted by atomic mass is 10.2. The van der Waals surface area contributed by atoms with Gasteiger partial charge in [-0.25, -0.2) is 4.79 Å². The fourth-order valence-corrected chi connectivity index (χ4v) is 1.96. The summed E-state index contributed by atoms with van der Waals surface area (Å²) in [6, 6.07) is 6.99. The van der Waals surface area contributed by atoms with E-state index in [2.05, 4.69) is 5.32 Å². The van der Waals surface area contributed by atoms with Crippen molar-refractivity contribution in [3.8, 4) is 5.75 Å². The number of aliphatic carboxylic acids is 1. The highest BCUT2D eigenvalue weighted by Crippen LogP contribution is 2.19. The largest absolute Gasteiger partial charge is 0.496 e. The van der Waals surface area contributed by atoms with Crippen molar-refractivity contribution in [1.29, 1.82) is 0 Å². The van der Waals surface area contributed by atoms with Crippen LogP contribution in [0.25, 0.3) is 0 Å². The summed E-state index contributed by atoms with van der Waals surface area (Å²) >= 11 is 0. The molecule has 0 unspecified atom stereocenters. The number of carboxylic acids is 1. The van der Waals surface area contributed by atoms with Gasteiger partial charge in [-0.1, -0.05) is 18.2 Å². The van der Waals surface area contributed by atoms with E-state index >= 15 is 0 Å². The molecule has 0 radical (unpaired) electrons. The molecule has 2 amide bonds. The molecule has 0 aliphatic rings. The molecule has 0 aromatic heterocycles. The second-order valence-electron chi connectivity index (χ2n) is 4.69. The van der Waals surface area contributed by atoms with Gasteiger partial charge in [0.2, 0.25) is 0 Å². The van der Waals surface area contributed by atoms with E-state index in [1.807, 2.05) is 18.2 Å². The summed E-state index contributed by atoms with van der Waals surface area (Å²) in [4.78, 5) is 24.0. The van der Waals surface area contributed by atoms with Crippen molar-refractivity contribution in [2.75, 3.05) is 26.8 Å². The first-order chi connectivity index (χ1) is 10.6. The molecule has 122 valence electrons. The van der Waals surface area contributed by atoms with Crippen LogP contribution in [0.1, 0.15) is 18.4 Å². The number of aliphatic hydroxyl groups excluding tert-OH is 1. The van der Waals surface area contributed by atoms with Crippen molar-refractivity contribution in [2.24, 2.45) is 0 Å². The second kappa shape index (κ2) is 9.62. The van der Waals surface area contributed by atoms with E-state index in [0.29, 0.717) is 18.7 Å². The summed E-state index contributed by atoms with van der Waals surface area (Å²) in [5.74, 6) is -0.223. The topological polar surface area (TPSA) is 99.1 Å². The molecule has 0 saturated carbocycles. The van der Waals surface area contributed by atoms with E-state index in [9.17, 15) is 9.59 Å². The van der Waals surface area contributed by atoms with Crippen LogP contribution in [0.5, 0.6) is 5.75 Å². The van der Waals surface area contributed by atoms with Crippen LogP contribution in [0.4, 0.5) is 4.79 Å². The van der Waals surface area contributed by atoms with Crippen LogP contribution < -0.4 is 10.1 Å². The molecule has 0 fully saturated rings. The zero-order chi connectivity index (χ0) is 16.4. The number of hydrogen-bond acceptors (Lipinski definition) is 4. The molecule has 1 aromatic rings. The Morgan fingerprint density at radius 2 is 2.05 bits per heavy atom. The molecule has 7 heteroatoms. The molecule has 1 aromatic carbocycles. The minimum Gasteiger partial charge on any atom is -0.496 e. The lowest BCUT2D eigenvalue weighted by Gasteiger charge is -2.23. The van der Waals surface area contributed by atoms with Crippen LogP contribution in [-0.4, -0.2) is 53.9 Å². The molecular weight excluding hydrogens is 288 g/mol. The van der Waals surface area contributed by atoms with Crippen molar-refractivity contribution in [2.45, 2.75) is 19.4 Å². The van der Waals surface area contributed by atoms with Gasteiger partial charge in [0, 0.05) is 25.1 Å². The highest BCUT2D eigenvalue weighted by Gasteiger charge is 2.15. The maximum absolute atomic E-state index is 12.1. The van der Waals surface area contributed by atoms with Crippen LogP contribution >= 0.6 is 0 Å². The summed E-state index contributed by atoms with van der Waals surface area (Å²) in [6.07, 6.45) is 0.371. The van der Waals surface area contributed by atoms with Crippen molar-refractivity contribution < 1.29 is 24.5 Å². The number of amides is 2. The van der Waals surface area contributed by atoms with Gasteiger partial charge in [-0.15, -0.1) is 0 Å². The maximum Gasteiger partial charge on any atom is 0.317 e. The summed E-state index contributed by atoms with van der Waals surface area (Å²) in [5, 5.41) is 20.3. The van der Waals surface area contributed by atoms with Gasteiger partial charge in [0.1, 0.15) is 5.75 Å². The summed E-state index contributed by atoms with van der Waals surface area (Å²) in [7, 11) is 1.56. The summed E-state index contributed by atoms with van der Waals surface area (Å²) in [6.45, 7) is 0.606. The van der Waals surface area contributed by atoms with Crippen LogP contribution in [0.3, 0.4) is 0 Å². The second-order valence-corrected chi connectivity index (χ2v) is 4.69. The predicted octanol–water partition coefficient (Wildman–Crippen LogP) is 1.06. The van der Waals surface area contributed by atoms with Gasteiger partial charge in [0.25, 0.3) is 0 Å². The third kappa shape index (κ3) is 6.01. The Morgan fingerprint density at radius 3 is 2.68 bits per heavy atom.